The predicted octanol–water partition coefficient (Wildman–Crippen LogP) is 12.2. The van der Waals surface area contributed by atoms with Gasteiger partial charge in [-0.2, -0.15) is 0 Å². The zero-order chi connectivity index (χ0) is 35.0. The van der Waals surface area contributed by atoms with Gasteiger partial charge in [0, 0.05) is 31.7 Å². The molecule has 0 saturated carbocycles. The number of hydrogen-bond donors (Lipinski definition) is 0. The molecule has 0 unspecified atom stereocenters. The summed E-state index contributed by atoms with van der Waals surface area (Å²) in [7, 11) is 0. The molecule has 0 aliphatic heterocycles. The normalized spacial score (nSPS) is 10.7. The Balaban J connectivity index is 1.36. The average Bonchev–Trinajstić information content (AvgIpc) is 3.15. The highest BCUT2D eigenvalue weighted by atomic mass is 79.9. The van der Waals surface area contributed by atoms with Gasteiger partial charge in [-0.05, 0) is 122 Å². The molecular weight excluding hydrogens is 756 g/mol. The van der Waals surface area contributed by atoms with Crippen molar-refractivity contribution in [3.63, 3.8) is 0 Å². The lowest BCUT2D eigenvalue weighted by molar-refractivity contribution is 0.0517. The van der Waals surface area contributed by atoms with Crippen molar-refractivity contribution in [3.8, 4) is 11.1 Å². The van der Waals surface area contributed by atoms with Crippen LogP contribution in [0.15, 0.2) is 155 Å². The highest BCUT2D eigenvalue weighted by Gasteiger charge is 2.22. The molecule has 0 aliphatic carbocycles. The van der Waals surface area contributed by atoms with Gasteiger partial charge in [0.25, 0.3) is 0 Å². The fourth-order valence-corrected chi connectivity index (χ4v) is 6.27. The van der Waals surface area contributed by atoms with E-state index in [1.807, 2.05) is 84.9 Å². The number of carbonyl (C=O) groups excluding carboxylic acids is 2. The standard InChI is InChI=1S/C42H34Br2N2O4/c1-3-49-41(47)37-9-5-7-11-39(37)45(35-25-17-31(43)18-26-35)33-21-13-29(14-22-33)30-15-23-34(24-16-30)46(36-27-19-32(44)20-28-36)40-12-8-6-10-38(40)42(48)50-4-2/h5-28H,3-4H2,1-2H3. The summed E-state index contributed by atoms with van der Waals surface area (Å²) < 4.78 is 12.7. The van der Waals surface area contributed by atoms with Crippen molar-refractivity contribution in [2.75, 3.05) is 23.0 Å². The van der Waals surface area contributed by atoms with Crippen LogP contribution in [-0.2, 0) is 9.47 Å². The molecule has 0 bridgehead atoms. The van der Waals surface area contributed by atoms with Gasteiger partial charge in [0.05, 0.1) is 35.7 Å². The van der Waals surface area contributed by atoms with Gasteiger partial charge < -0.3 is 19.3 Å². The maximum absolute atomic E-state index is 13.0. The number of para-hydroxylation sites is 2. The largest absolute Gasteiger partial charge is 0.462 e. The van der Waals surface area contributed by atoms with Crippen molar-refractivity contribution >= 4 is 77.9 Å². The molecule has 0 amide bonds. The molecule has 6 aromatic carbocycles. The zero-order valence-corrected chi connectivity index (χ0v) is 30.7. The number of halogens is 2. The quantitative estimate of drug-likeness (QED) is 0.122. The highest BCUT2D eigenvalue weighted by molar-refractivity contribution is 9.10. The average molecular weight is 791 g/mol. The van der Waals surface area contributed by atoms with E-state index in [-0.39, 0.29) is 25.2 Å². The summed E-state index contributed by atoms with van der Waals surface area (Å²) >= 11 is 7.08. The monoisotopic (exact) mass is 788 g/mol. The van der Waals surface area contributed by atoms with Crippen LogP contribution in [0.2, 0.25) is 0 Å². The Morgan fingerprint density at radius 2 is 0.760 bits per heavy atom. The van der Waals surface area contributed by atoms with Gasteiger partial charge >= 0.3 is 11.9 Å². The summed E-state index contributed by atoms with van der Waals surface area (Å²) in [5.74, 6) is -0.743. The van der Waals surface area contributed by atoms with Crippen LogP contribution < -0.4 is 9.80 Å². The van der Waals surface area contributed by atoms with E-state index in [2.05, 4.69) is 90.2 Å². The van der Waals surface area contributed by atoms with Crippen molar-refractivity contribution in [2.45, 2.75) is 13.8 Å². The third kappa shape index (κ3) is 7.67. The van der Waals surface area contributed by atoms with Gasteiger partial charge in [-0.1, -0.05) is 80.4 Å². The number of hydrogen-bond acceptors (Lipinski definition) is 6. The molecule has 50 heavy (non-hydrogen) atoms. The van der Waals surface area contributed by atoms with E-state index in [0.717, 1.165) is 54.2 Å². The van der Waals surface area contributed by atoms with E-state index >= 15 is 0 Å². The van der Waals surface area contributed by atoms with E-state index < -0.39 is 0 Å². The molecule has 6 nitrogen and oxygen atoms in total. The van der Waals surface area contributed by atoms with Crippen LogP contribution in [0.4, 0.5) is 34.1 Å². The Kier molecular flexibility index (Phi) is 11.1. The van der Waals surface area contributed by atoms with E-state index in [0.29, 0.717) is 11.1 Å². The van der Waals surface area contributed by atoms with Gasteiger partial charge in [0.1, 0.15) is 0 Å². The molecule has 0 N–H and O–H groups in total. The van der Waals surface area contributed by atoms with Crippen LogP contribution >= 0.6 is 31.9 Å². The molecule has 0 heterocycles. The Morgan fingerprint density at radius 1 is 0.460 bits per heavy atom. The van der Waals surface area contributed by atoms with E-state index in [9.17, 15) is 9.59 Å². The van der Waals surface area contributed by atoms with E-state index in [1.165, 1.54) is 0 Å². The zero-order valence-electron chi connectivity index (χ0n) is 27.6. The summed E-state index contributed by atoms with van der Waals surface area (Å²) in [6.45, 7) is 4.19. The molecule has 0 aromatic heterocycles. The molecule has 0 atom stereocenters. The molecule has 6 rings (SSSR count). The van der Waals surface area contributed by atoms with Crippen molar-refractivity contribution in [3.05, 3.63) is 166 Å². The minimum atomic E-state index is -0.371. The number of benzene rings is 6. The van der Waals surface area contributed by atoms with E-state index in [1.54, 1.807) is 26.0 Å². The maximum Gasteiger partial charge on any atom is 0.340 e. The van der Waals surface area contributed by atoms with Crippen molar-refractivity contribution in [1.82, 2.24) is 0 Å². The van der Waals surface area contributed by atoms with Crippen molar-refractivity contribution in [2.24, 2.45) is 0 Å². The molecule has 0 fully saturated rings. The fraction of sp³-hybridized carbons (Fsp3) is 0.0952. The van der Waals surface area contributed by atoms with Crippen LogP contribution in [0.1, 0.15) is 34.6 Å². The third-order valence-electron chi connectivity index (χ3n) is 8.03. The van der Waals surface area contributed by atoms with Crippen molar-refractivity contribution < 1.29 is 19.1 Å². The molecule has 0 aliphatic rings. The SMILES string of the molecule is CCOC(=O)c1ccccc1N(c1ccc(Br)cc1)c1ccc(-c2ccc(N(c3ccc(Br)cc3)c3ccccc3C(=O)OCC)cc2)cc1. The summed E-state index contributed by atoms with van der Waals surface area (Å²) in [5.41, 5.74) is 8.05. The van der Waals surface area contributed by atoms with E-state index in [4.69, 9.17) is 9.47 Å². The first-order chi connectivity index (χ1) is 24.4. The number of rotatable bonds is 11. The summed E-state index contributed by atoms with van der Waals surface area (Å²) in [5, 5.41) is 0. The second kappa shape index (κ2) is 16.0. The van der Waals surface area contributed by atoms with Crippen LogP contribution in [0, 0.1) is 0 Å². The first kappa shape index (κ1) is 34.7. The first-order valence-electron chi connectivity index (χ1n) is 16.2. The molecule has 0 radical (unpaired) electrons. The number of ether oxygens (including phenoxy) is 2. The lowest BCUT2D eigenvalue weighted by atomic mass is 10.0. The van der Waals surface area contributed by atoms with Crippen LogP contribution in [0.3, 0.4) is 0 Å². The number of anilines is 6. The number of carbonyl (C=O) groups is 2. The van der Waals surface area contributed by atoms with Crippen LogP contribution in [0.25, 0.3) is 11.1 Å². The molecule has 6 aromatic rings. The van der Waals surface area contributed by atoms with Crippen LogP contribution in [0.5, 0.6) is 0 Å². The Hall–Kier alpha value is -5.18. The first-order valence-corrected chi connectivity index (χ1v) is 17.8. The van der Waals surface area contributed by atoms with Gasteiger partial charge in [0.2, 0.25) is 0 Å². The number of esters is 2. The van der Waals surface area contributed by atoms with Gasteiger partial charge in [0.15, 0.2) is 0 Å². The summed E-state index contributed by atoms with van der Waals surface area (Å²) in [4.78, 5) is 30.1. The van der Waals surface area contributed by atoms with Crippen LogP contribution in [-0.4, -0.2) is 25.2 Å². The molecule has 8 heteroatoms. The van der Waals surface area contributed by atoms with Gasteiger partial charge in [-0.15, -0.1) is 0 Å². The minimum absolute atomic E-state index is 0.289. The smallest absolute Gasteiger partial charge is 0.340 e. The molecule has 0 spiro atoms. The Bertz CT molecular complexity index is 1930. The summed E-state index contributed by atoms with van der Waals surface area (Å²) in [6.07, 6.45) is 0. The van der Waals surface area contributed by atoms with Gasteiger partial charge in [-0.3, -0.25) is 0 Å². The Labute approximate surface area is 309 Å². The Morgan fingerprint density at radius 3 is 1.08 bits per heavy atom. The molecular formula is C42H34Br2N2O4. The fourth-order valence-electron chi connectivity index (χ4n) is 5.74. The van der Waals surface area contributed by atoms with Gasteiger partial charge in [-0.25, -0.2) is 9.59 Å². The molecule has 250 valence electrons. The summed E-state index contributed by atoms with van der Waals surface area (Å²) in [6, 6.07) is 47.4. The molecule has 0 saturated heterocycles. The lowest BCUT2D eigenvalue weighted by Crippen LogP contribution is -2.15. The second-order valence-corrected chi connectivity index (χ2v) is 13.0. The minimum Gasteiger partial charge on any atom is -0.462 e. The predicted molar refractivity (Wildman–Crippen MR) is 209 cm³/mol. The second-order valence-electron chi connectivity index (χ2n) is 11.2. The highest BCUT2D eigenvalue weighted by Crippen LogP contribution is 2.40. The topological polar surface area (TPSA) is 59.1 Å². The number of nitrogens with zero attached hydrogens (tertiary/aromatic N) is 2. The van der Waals surface area contributed by atoms with Crippen molar-refractivity contribution in [1.29, 1.82) is 0 Å². The lowest BCUT2D eigenvalue weighted by Gasteiger charge is -2.28. The maximum atomic E-state index is 13.0. The third-order valence-corrected chi connectivity index (χ3v) is 9.09.